The average Bonchev–Trinajstić information content (AvgIpc) is 2.71. The molecule has 28 heavy (non-hydrogen) atoms. The molecule has 3 aromatic carbocycles. The Morgan fingerprint density at radius 3 is 2.36 bits per heavy atom. The largest absolute Gasteiger partial charge is 0.337 e. The van der Waals surface area contributed by atoms with Crippen LogP contribution in [0.4, 0.5) is 10.5 Å². The molecular formula is C21H18N4O2S. The van der Waals surface area contributed by atoms with Crippen LogP contribution >= 0.6 is 12.2 Å². The molecular weight excluding hydrogens is 372 g/mol. The van der Waals surface area contributed by atoms with Crippen LogP contribution in [-0.4, -0.2) is 17.1 Å². The van der Waals surface area contributed by atoms with E-state index in [9.17, 15) is 9.59 Å². The maximum Gasteiger partial charge on any atom is 0.337 e. The number of thiocarbonyl (C=S) groups is 1. The first-order valence-electron chi connectivity index (χ1n) is 8.51. The first-order valence-corrected chi connectivity index (χ1v) is 8.91. The van der Waals surface area contributed by atoms with Crippen LogP contribution in [0.25, 0.3) is 16.8 Å². The molecule has 0 heterocycles. The third-order valence-electron chi connectivity index (χ3n) is 3.80. The second-order valence-corrected chi connectivity index (χ2v) is 6.20. The number of anilines is 1. The number of amides is 3. The van der Waals surface area contributed by atoms with Crippen molar-refractivity contribution in [3.63, 3.8) is 0 Å². The molecule has 0 aliphatic rings. The summed E-state index contributed by atoms with van der Waals surface area (Å²) in [6.45, 7) is 0. The lowest BCUT2D eigenvalue weighted by Crippen LogP contribution is -2.49. The number of benzene rings is 3. The number of rotatable bonds is 3. The normalized spacial score (nSPS) is 10.4. The highest BCUT2D eigenvalue weighted by atomic mass is 32.1. The molecule has 6 nitrogen and oxygen atoms in total. The van der Waals surface area contributed by atoms with Crippen molar-refractivity contribution >= 4 is 51.8 Å². The summed E-state index contributed by atoms with van der Waals surface area (Å²) in [6, 6.07) is 22.2. The fraction of sp³-hybridized carbons (Fsp3) is 0. The second kappa shape index (κ2) is 9.29. The van der Waals surface area contributed by atoms with Gasteiger partial charge in [-0.2, -0.15) is 0 Å². The average molecular weight is 390 g/mol. The van der Waals surface area contributed by atoms with Gasteiger partial charge in [-0.05, 0) is 46.8 Å². The van der Waals surface area contributed by atoms with E-state index >= 15 is 0 Å². The molecule has 0 saturated carbocycles. The number of urea groups is 1. The predicted molar refractivity (Wildman–Crippen MR) is 115 cm³/mol. The minimum Gasteiger partial charge on any atom is -0.307 e. The van der Waals surface area contributed by atoms with Crippen molar-refractivity contribution in [2.45, 2.75) is 0 Å². The van der Waals surface area contributed by atoms with Gasteiger partial charge in [-0.15, -0.1) is 0 Å². The smallest absolute Gasteiger partial charge is 0.307 e. The van der Waals surface area contributed by atoms with Crippen LogP contribution < -0.4 is 21.5 Å². The van der Waals surface area contributed by atoms with Gasteiger partial charge in [-0.3, -0.25) is 15.5 Å². The Hall–Kier alpha value is -3.71. The highest BCUT2D eigenvalue weighted by Gasteiger charge is 2.04. The molecule has 0 unspecified atom stereocenters. The SMILES string of the molecule is O=C(C=Cc1cccc2ccccc12)NC(=S)NNC(=O)Nc1ccccc1. The van der Waals surface area contributed by atoms with Crippen LogP contribution in [0, 0.1) is 0 Å². The lowest BCUT2D eigenvalue weighted by atomic mass is 10.0. The number of hydrogen-bond acceptors (Lipinski definition) is 3. The summed E-state index contributed by atoms with van der Waals surface area (Å²) >= 11 is 5.00. The van der Waals surface area contributed by atoms with E-state index in [-0.39, 0.29) is 5.11 Å². The van der Waals surface area contributed by atoms with Gasteiger partial charge in [0.05, 0.1) is 0 Å². The summed E-state index contributed by atoms with van der Waals surface area (Å²) in [6.07, 6.45) is 3.11. The zero-order chi connectivity index (χ0) is 19.8. The van der Waals surface area contributed by atoms with Crippen molar-refractivity contribution in [1.82, 2.24) is 16.2 Å². The minimum absolute atomic E-state index is 0.0178. The quantitative estimate of drug-likeness (QED) is 0.313. The maximum atomic E-state index is 12.0. The summed E-state index contributed by atoms with van der Waals surface area (Å²) in [4.78, 5) is 23.8. The van der Waals surface area contributed by atoms with E-state index in [2.05, 4.69) is 21.5 Å². The zero-order valence-electron chi connectivity index (χ0n) is 14.8. The van der Waals surface area contributed by atoms with Crippen LogP contribution in [0.3, 0.4) is 0 Å². The molecule has 3 rings (SSSR count). The third kappa shape index (κ3) is 5.39. The zero-order valence-corrected chi connectivity index (χ0v) is 15.6. The number of hydrogen-bond donors (Lipinski definition) is 4. The Morgan fingerprint density at radius 2 is 1.54 bits per heavy atom. The molecule has 0 bridgehead atoms. The van der Waals surface area contributed by atoms with Crippen LogP contribution in [0.15, 0.2) is 78.9 Å². The van der Waals surface area contributed by atoms with Crippen molar-refractivity contribution in [3.8, 4) is 0 Å². The molecule has 3 aromatic rings. The first kappa shape index (κ1) is 19.1. The molecule has 7 heteroatoms. The molecule has 0 spiro atoms. The van der Waals surface area contributed by atoms with E-state index in [0.717, 1.165) is 16.3 Å². The van der Waals surface area contributed by atoms with E-state index < -0.39 is 11.9 Å². The van der Waals surface area contributed by atoms with Crippen LogP contribution in [0.5, 0.6) is 0 Å². The maximum absolute atomic E-state index is 12.0. The van der Waals surface area contributed by atoms with Gasteiger partial charge in [0.15, 0.2) is 5.11 Å². The number of carbonyl (C=O) groups excluding carboxylic acids is 2. The van der Waals surface area contributed by atoms with Gasteiger partial charge in [0.2, 0.25) is 5.91 Å². The minimum atomic E-state index is -0.505. The van der Waals surface area contributed by atoms with Crippen molar-refractivity contribution < 1.29 is 9.59 Å². The highest BCUT2D eigenvalue weighted by molar-refractivity contribution is 7.80. The summed E-state index contributed by atoms with van der Waals surface area (Å²) < 4.78 is 0. The van der Waals surface area contributed by atoms with Crippen molar-refractivity contribution in [2.24, 2.45) is 0 Å². The molecule has 0 aliphatic carbocycles. The second-order valence-electron chi connectivity index (χ2n) is 5.79. The number of nitrogens with one attached hydrogen (secondary N) is 4. The summed E-state index contributed by atoms with van der Waals surface area (Å²) in [5.41, 5.74) is 6.38. The molecule has 0 aromatic heterocycles. The Kier molecular flexibility index (Phi) is 6.33. The van der Waals surface area contributed by atoms with Gasteiger partial charge < -0.3 is 5.32 Å². The Balaban J connectivity index is 1.49. The molecule has 0 aliphatic heterocycles. The summed E-state index contributed by atoms with van der Waals surface area (Å²) in [5.74, 6) is -0.407. The molecule has 3 amide bonds. The standard InChI is InChI=1S/C21H18N4O2S/c26-19(14-13-16-9-6-8-15-7-4-5-12-18(15)16)23-21(28)25-24-20(27)22-17-10-2-1-3-11-17/h1-14H,(H2,22,24,27)(H2,23,25,26,28). The van der Waals surface area contributed by atoms with Gasteiger partial charge in [0.25, 0.3) is 0 Å². The molecule has 0 radical (unpaired) electrons. The molecule has 0 fully saturated rings. The van der Waals surface area contributed by atoms with Crippen LogP contribution in [0.1, 0.15) is 5.56 Å². The van der Waals surface area contributed by atoms with E-state index in [0.29, 0.717) is 5.69 Å². The van der Waals surface area contributed by atoms with Crippen molar-refractivity contribution in [2.75, 3.05) is 5.32 Å². The molecule has 0 saturated heterocycles. The Morgan fingerprint density at radius 1 is 0.821 bits per heavy atom. The molecule has 140 valence electrons. The van der Waals surface area contributed by atoms with Gasteiger partial charge in [-0.25, -0.2) is 10.2 Å². The van der Waals surface area contributed by atoms with Crippen molar-refractivity contribution in [3.05, 3.63) is 84.4 Å². The lowest BCUT2D eigenvalue weighted by molar-refractivity contribution is -0.115. The van der Waals surface area contributed by atoms with E-state index in [1.807, 2.05) is 48.5 Å². The Labute approximate surface area is 167 Å². The molecule has 4 N–H and O–H groups in total. The number of carbonyl (C=O) groups is 2. The van der Waals surface area contributed by atoms with E-state index in [1.54, 1.807) is 30.3 Å². The van der Waals surface area contributed by atoms with Gasteiger partial charge >= 0.3 is 6.03 Å². The monoisotopic (exact) mass is 390 g/mol. The van der Waals surface area contributed by atoms with Crippen LogP contribution in [0.2, 0.25) is 0 Å². The van der Waals surface area contributed by atoms with Gasteiger partial charge in [-0.1, -0.05) is 60.7 Å². The fourth-order valence-electron chi connectivity index (χ4n) is 2.54. The van der Waals surface area contributed by atoms with Gasteiger partial charge in [0, 0.05) is 11.8 Å². The van der Waals surface area contributed by atoms with Crippen LogP contribution in [-0.2, 0) is 4.79 Å². The van der Waals surface area contributed by atoms with Gasteiger partial charge in [0.1, 0.15) is 0 Å². The van der Waals surface area contributed by atoms with Crippen molar-refractivity contribution in [1.29, 1.82) is 0 Å². The third-order valence-corrected chi connectivity index (χ3v) is 4.00. The number of hydrazine groups is 1. The Bertz CT molecular complexity index is 1030. The first-order chi connectivity index (χ1) is 13.6. The topological polar surface area (TPSA) is 82.3 Å². The lowest BCUT2D eigenvalue weighted by Gasteiger charge is -2.10. The summed E-state index contributed by atoms with van der Waals surface area (Å²) in [5, 5.41) is 7.21. The predicted octanol–water partition coefficient (Wildman–Crippen LogP) is 3.58. The summed E-state index contributed by atoms with van der Waals surface area (Å²) in [7, 11) is 0. The number of para-hydroxylation sites is 1. The molecule has 0 atom stereocenters. The van der Waals surface area contributed by atoms with E-state index in [1.165, 1.54) is 6.08 Å². The highest BCUT2D eigenvalue weighted by Crippen LogP contribution is 2.19. The number of fused-ring (bicyclic) bond motifs is 1. The van der Waals surface area contributed by atoms with E-state index in [4.69, 9.17) is 12.2 Å². The fourth-order valence-corrected chi connectivity index (χ4v) is 2.70.